The molecule has 1 aliphatic rings. The smallest absolute Gasteiger partial charge is 0.295 e. The third kappa shape index (κ3) is 4.62. The molecule has 7 heteroatoms. The van der Waals surface area contributed by atoms with Gasteiger partial charge in [0.1, 0.15) is 17.3 Å². The number of hydrogen-bond donors (Lipinski definition) is 1. The molecule has 0 aromatic heterocycles. The Kier molecular flexibility index (Phi) is 7.20. The third-order valence-corrected chi connectivity index (χ3v) is 5.50. The van der Waals surface area contributed by atoms with Crippen LogP contribution in [0.4, 0.5) is 0 Å². The van der Waals surface area contributed by atoms with E-state index in [-0.39, 0.29) is 11.3 Å². The van der Waals surface area contributed by atoms with Crippen molar-refractivity contribution in [3.05, 3.63) is 64.7 Å². The second-order valence-corrected chi connectivity index (χ2v) is 7.98. The number of Topliss-reactive ketones (excluding diaryl/α,β-unsaturated/α-hetero) is 1. The molecule has 0 spiro atoms. The van der Waals surface area contributed by atoms with E-state index in [0.29, 0.717) is 36.8 Å². The summed E-state index contributed by atoms with van der Waals surface area (Å²) < 4.78 is 10.8. The number of methoxy groups -OCH3 is 1. The minimum atomic E-state index is -0.687. The number of aliphatic hydroxyl groups is 1. The number of ketones is 1. The van der Waals surface area contributed by atoms with Gasteiger partial charge in [0.05, 0.1) is 25.3 Å². The van der Waals surface area contributed by atoms with Crippen LogP contribution in [0.25, 0.3) is 5.76 Å². The van der Waals surface area contributed by atoms with E-state index in [0.717, 1.165) is 11.1 Å². The third-order valence-electron chi connectivity index (χ3n) is 5.50. The van der Waals surface area contributed by atoms with Crippen molar-refractivity contribution in [3.8, 4) is 11.5 Å². The summed E-state index contributed by atoms with van der Waals surface area (Å²) in [5.41, 5.74) is 2.10. The summed E-state index contributed by atoms with van der Waals surface area (Å²) in [4.78, 5) is 29.5. The van der Waals surface area contributed by atoms with E-state index < -0.39 is 17.7 Å². The van der Waals surface area contributed by atoms with Crippen LogP contribution in [0.1, 0.15) is 29.7 Å². The maximum absolute atomic E-state index is 13.1. The molecule has 2 aromatic rings. The summed E-state index contributed by atoms with van der Waals surface area (Å²) >= 11 is 0. The van der Waals surface area contributed by atoms with Crippen LogP contribution in [-0.2, 0) is 9.59 Å². The highest BCUT2D eigenvalue weighted by Gasteiger charge is 2.45. The fraction of sp³-hybridized carbons (Fsp3) is 0.360. The van der Waals surface area contributed by atoms with Crippen molar-refractivity contribution in [2.75, 3.05) is 40.9 Å². The molecule has 0 radical (unpaired) electrons. The second-order valence-electron chi connectivity index (χ2n) is 7.98. The van der Waals surface area contributed by atoms with Crippen LogP contribution in [0.3, 0.4) is 0 Å². The van der Waals surface area contributed by atoms with Crippen molar-refractivity contribution in [2.45, 2.75) is 19.9 Å². The zero-order chi connectivity index (χ0) is 23.4. The summed E-state index contributed by atoms with van der Waals surface area (Å²) in [6, 6.07) is 11.8. The molecule has 32 heavy (non-hydrogen) atoms. The summed E-state index contributed by atoms with van der Waals surface area (Å²) in [5, 5.41) is 11.2. The molecule has 0 aliphatic carbocycles. The van der Waals surface area contributed by atoms with Gasteiger partial charge in [-0.05, 0) is 69.4 Å². The monoisotopic (exact) mass is 438 g/mol. The SMILES string of the molecule is CCOc1ccc([C@@H]2C(=C(O)c3ccc(OC)c(C)c3)C(=O)C(=O)N2CCN(C)C)cc1. The summed E-state index contributed by atoms with van der Waals surface area (Å²) in [6.45, 7) is 5.24. The summed E-state index contributed by atoms with van der Waals surface area (Å²) in [7, 11) is 5.38. The number of benzene rings is 2. The quantitative estimate of drug-likeness (QED) is 0.387. The van der Waals surface area contributed by atoms with Crippen LogP contribution >= 0.6 is 0 Å². The fourth-order valence-electron chi connectivity index (χ4n) is 3.86. The largest absolute Gasteiger partial charge is 0.507 e. The fourth-order valence-corrected chi connectivity index (χ4v) is 3.86. The Balaban J connectivity index is 2.12. The lowest BCUT2D eigenvalue weighted by molar-refractivity contribution is -0.140. The van der Waals surface area contributed by atoms with E-state index in [4.69, 9.17) is 9.47 Å². The van der Waals surface area contributed by atoms with E-state index >= 15 is 0 Å². The van der Waals surface area contributed by atoms with Gasteiger partial charge in [-0.3, -0.25) is 9.59 Å². The van der Waals surface area contributed by atoms with E-state index in [2.05, 4.69) is 0 Å². The van der Waals surface area contributed by atoms with E-state index in [1.807, 2.05) is 57.1 Å². The lowest BCUT2D eigenvalue weighted by atomic mass is 9.94. The molecule has 1 amide bonds. The Hall–Kier alpha value is -3.32. The number of nitrogens with zero attached hydrogens (tertiary/aromatic N) is 2. The molecule has 0 bridgehead atoms. The van der Waals surface area contributed by atoms with Crippen LogP contribution in [0.5, 0.6) is 11.5 Å². The van der Waals surface area contributed by atoms with Gasteiger partial charge in [0.25, 0.3) is 11.7 Å². The molecule has 1 atom stereocenters. The molecule has 7 nitrogen and oxygen atoms in total. The summed E-state index contributed by atoms with van der Waals surface area (Å²) in [5.74, 6) is -0.116. The van der Waals surface area contributed by atoms with Crippen molar-refractivity contribution in [3.63, 3.8) is 0 Å². The van der Waals surface area contributed by atoms with Crippen molar-refractivity contribution in [2.24, 2.45) is 0 Å². The molecule has 170 valence electrons. The molecule has 1 fully saturated rings. The predicted molar refractivity (Wildman–Crippen MR) is 123 cm³/mol. The summed E-state index contributed by atoms with van der Waals surface area (Å²) in [6.07, 6.45) is 0. The van der Waals surface area contributed by atoms with E-state index in [1.165, 1.54) is 4.90 Å². The maximum atomic E-state index is 13.1. The standard InChI is InChI=1S/C25H30N2O5/c1-6-32-19-10-7-17(8-11-19)22-21(24(29)25(30)27(22)14-13-26(3)4)23(28)18-9-12-20(31-5)16(2)15-18/h7-12,15,22,28H,6,13-14H2,1-5H3/t22-/m1/s1. The highest BCUT2D eigenvalue weighted by Crippen LogP contribution is 2.40. The number of amides is 1. The van der Waals surface area contributed by atoms with Gasteiger partial charge in [0, 0.05) is 18.7 Å². The maximum Gasteiger partial charge on any atom is 0.295 e. The first-order valence-corrected chi connectivity index (χ1v) is 10.6. The lowest BCUT2D eigenvalue weighted by Crippen LogP contribution is -2.35. The van der Waals surface area contributed by atoms with Crippen LogP contribution < -0.4 is 9.47 Å². The van der Waals surface area contributed by atoms with Gasteiger partial charge in [-0.25, -0.2) is 0 Å². The number of carbonyl (C=O) groups excluding carboxylic acids is 2. The van der Waals surface area contributed by atoms with Crippen LogP contribution in [0, 0.1) is 6.92 Å². The molecule has 0 saturated carbocycles. The number of ether oxygens (including phenoxy) is 2. The average Bonchev–Trinajstić information content (AvgIpc) is 3.02. The topological polar surface area (TPSA) is 79.3 Å². The van der Waals surface area contributed by atoms with Gasteiger partial charge in [0.15, 0.2) is 0 Å². The van der Waals surface area contributed by atoms with E-state index in [9.17, 15) is 14.7 Å². The van der Waals surface area contributed by atoms with Gasteiger partial charge in [0.2, 0.25) is 0 Å². The number of aryl methyl sites for hydroxylation is 1. The normalized spacial score (nSPS) is 17.8. The Morgan fingerprint density at radius 3 is 2.38 bits per heavy atom. The molecule has 2 aromatic carbocycles. The number of hydrogen-bond acceptors (Lipinski definition) is 6. The molecular weight excluding hydrogens is 408 g/mol. The van der Waals surface area contributed by atoms with Gasteiger partial charge < -0.3 is 24.4 Å². The first kappa shape index (κ1) is 23.3. The Bertz CT molecular complexity index is 1030. The number of aliphatic hydroxyl groups excluding tert-OH is 1. The van der Waals surface area contributed by atoms with Gasteiger partial charge in [-0.1, -0.05) is 12.1 Å². The molecular formula is C25H30N2O5. The van der Waals surface area contributed by atoms with E-state index in [1.54, 1.807) is 25.3 Å². The average molecular weight is 439 g/mol. The molecule has 1 saturated heterocycles. The van der Waals surface area contributed by atoms with Crippen molar-refractivity contribution in [1.29, 1.82) is 0 Å². The number of carbonyl (C=O) groups is 2. The van der Waals surface area contributed by atoms with Crippen LogP contribution in [0.2, 0.25) is 0 Å². The number of likely N-dealkylation sites (N-methyl/N-ethyl adjacent to an activating group) is 1. The highest BCUT2D eigenvalue weighted by molar-refractivity contribution is 6.46. The van der Waals surface area contributed by atoms with Crippen molar-refractivity contribution < 1.29 is 24.2 Å². The first-order chi connectivity index (χ1) is 15.3. The highest BCUT2D eigenvalue weighted by atomic mass is 16.5. The van der Waals surface area contributed by atoms with Gasteiger partial charge in [-0.2, -0.15) is 0 Å². The minimum Gasteiger partial charge on any atom is -0.507 e. The Morgan fingerprint density at radius 2 is 1.81 bits per heavy atom. The minimum absolute atomic E-state index is 0.0856. The molecule has 3 rings (SSSR count). The van der Waals surface area contributed by atoms with Crippen LogP contribution in [0.15, 0.2) is 48.0 Å². The van der Waals surface area contributed by atoms with Crippen molar-refractivity contribution >= 4 is 17.4 Å². The number of likely N-dealkylation sites (tertiary alicyclic amines) is 1. The number of rotatable bonds is 8. The van der Waals surface area contributed by atoms with Crippen LogP contribution in [-0.4, -0.2) is 67.5 Å². The molecule has 1 heterocycles. The molecule has 1 aliphatic heterocycles. The zero-order valence-corrected chi connectivity index (χ0v) is 19.2. The molecule has 1 N–H and O–H groups in total. The first-order valence-electron chi connectivity index (χ1n) is 10.6. The lowest BCUT2D eigenvalue weighted by Gasteiger charge is -2.26. The zero-order valence-electron chi connectivity index (χ0n) is 19.2. The Morgan fingerprint density at radius 1 is 1.12 bits per heavy atom. The predicted octanol–water partition coefficient (Wildman–Crippen LogP) is 3.39. The Labute approximate surface area is 188 Å². The van der Waals surface area contributed by atoms with Gasteiger partial charge >= 0.3 is 0 Å². The molecule has 0 unspecified atom stereocenters. The van der Waals surface area contributed by atoms with Gasteiger partial charge in [-0.15, -0.1) is 0 Å². The second kappa shape index (κ2) is 9.87. The van der Waals surface area contributed by atoms with Crippen molar-refractivity contribution in [1.82, 2.24) is 9.80 Å².